The number of benzene rings is 1. The summed E-state index contributed by atoms with van der Waals surface area (Å²) >= 11 is 0. The summed E-state index contributed by atoms with van der Waals surface area (Å²) in [4.78, 5) is 47.9. The Balaban J connectivity index is 1.65. The highest BCUT2D eigenvalue weighted by atomic mass is 16.5. The van der Waals surface area contributed by atoms with Gasteiger partial charge in [0.1, 0.15) is 17.3 Å². The van der Waals surface area contributed by atoms with Crippen LogP contribution in [0.15, 0.2) is 23.0 Å². The molecule has 3 heterocycles. The molecule has 0 aliphatic carbocycles. The third-order valence-corrected chi connectivity index (χ3v) is 6.00. The van der Waals surface area contributed by atoms with Crippen molar-refractivity contribution in [2.45, 2.75) is 44.6 Å². The van der Waals surface area contributed by atoms with Gasteiger partial charge in [0.2, 0.25) is 17.8 Å². The predicted molar refractivity (Wildman–Crippen MR) is 120 cm³/mol. The zero-order valence-corrected chi connectivity index (χ0v) is 18.4. The van der Waals surface area contributed by atoms with E-state index in [9.17, 15) is 14.4 Å². The Morgan fingerprint density at radius 1 is 1.22 bits per heavy atom. The van der Waals surface area contributed by atoms with Crippen molar-refractivity contribution in [2.75, 3.05) is 36.3 Å². The molecular formula is C22H27N5O5. The van der Waals surface area contributed by atoms with Crippen LogP contribution in [0, 0.1) is 0 Å². The van der Waals surface area contributed by atoms with E-state index in [1.165, 1.54) is 14.2 Å². The summed E-state index contributed by atoms with van der Waals surface area (Å²) < 4.78 is 10.5. The Labute approximate surface area is 185 Å². The monoisotopic (exact) mass is 441 g/mol. The van der Waals surface area contributed by atoms with Crippen LogP contribution in [0.3, 0.4) is 0 Å². The minimum Gasteiger partial charge on any atom is -0.497 e. The van der Waals surface area contributed by atoms with Gasteiger partial charge >= 0.3 is 0 Å². The third-order valence-electron chi connectivity index (χ3n) is 6.00. The molecule has 0 bridgehead atoms. The number of amides is 2. The lowest BCUT2D eigenvalue weighted by atomic mass is 9.92. The first-order valence-electron chi connectivity index (χ1n) is 10.6. The molecule has 3 N–H and O–H groups in total. The lowest BCUT2D eigenvalue weighted by Crippen LogP contribution is -2.42. The molecular weight excluding hydrogens is 414 g/mol. The van der Waals surface area contributed by atoms with Gasteiger partial charge in [0, 0.05) is 25.1 Å². The van der Waals surface area contributed by atoms with Crippen LogP contribution in [0.1, 0.15) is 44.1 Å². The van der Waals surface area contributed by atoms with Gasteiger partial charge in [-0.05, 0) is 38.3 Å². The van der Waals surface area contributed by atoms with E-state index in [2.05, 4.69) is 27.5 Å². The Morgan fingerprint density at radius 3 is 2.75 bits per heavy atom. The fourth-order valence-corrected chi connectivity index (χ4v) is 4.25. The average Bonchev–Trinajstić information content (AvgIpc) is 2.78. The number of carbonyl (C=O) groups is 2. The van der Waals surface area contributed by atoms with Gasteiger partial charge < -0.3 is 25.0 Å². The topological polar surface area (TPSA) is 126 Å². The number of aromatic nitrogens is 2. The quantitative estimate of drug-likeness (QED) is 0.650. The molecule has 1 fully saturated rings. The normalized spacial score (nSPS) is 20.2. The van der Waals surface area contributed by atoms with Crippen molar-refractivity contribution >= 4 is 29.3 Å². The first-order chi connectivity index (χ1) is 15.4. The maximum Gasteiger partial charge on any atom is 0.258 e. The molecule has 2 aliphatic heterocycles. The molecule has 2 aliphatic rings. The molecule has 4 rings (SSSR count). The SMILES string of the molecule is COc1ccc(NC(=O)[C@H]2CC(=O)Nc3nc(N4CCCC[C@@H]4C)[nH]c(=O)c32)c(OC)c1. The molecule has 0 radical (unpaired) electrons. The first-order valence-corrected chi connectivity index (χ1v) is 10.6. The number of carbonyl (C=O) groups excluding carboxylic acids is 2. The number of piperidine rings is 1. The van der Waals surface area contributed by atoms with Crippen LogP contribution in [-0.2, 0) is 9.59 Å². The lowest BCUT2D eigenvalue weighted by molar-refractivity contribution is -0.123. The van der Waals surface area contributed by atoms with E-state index in [1.54, 1.807) is 18.2 Å². The number of nitrogens with zero attached hydrogens (tertiary/aromatic N) is 2. The van der Waals surface area contributed by atoms with Crippen LogP contribution < -0.4 is 30.6 Å². The van der Waals surface area contributed by atoms with E-state index in [1.807, 2.05) is 4.90 Å². The number of rotatable bonds is 5. The van der Waals surface area contributed by atoms with Crippen LogP contribution in [0.4, 0.5) is 17.5 Å². The fourth-order valence-electron chi connectivity index (χ4n) is 4.25. The maximum atomic E-state index is 13.1. The van der Waals surface area contributed by atoms with Crippen molar-refractivity contribution in [1.82, 2.24) is 9.97 Å². The van der Waals surface area contributed by atoms with E-state index in [4.69, 9.17) is 9.47 Å². The van der Waals surface area contributed by atoms with Crippen LogP contribution >= 0.6 is 0 Å². The number of hydrogen-bond acceptors (Lipinski definition) is 7. The Bertz CT molecular complexity index is 1100. The van der Waals surface area contributed by atoms with Crippen molar-refractivity contribution in [3.8, 4) is 11.5 Å². The minimum absolute atomic E-state index is 0.139. The zero-order chi connectivity index (χ0) is 22.8. The zero-order valence-electron chi connectivity index (χ0n) is 18.4. The standard InChI is InChI=1S/C22H27N5O5/c1-12-6-4-5-9-27(12)22-25-19-18(21(30)26-22)14(11-17(28)24-19)20(29)23-15-8-7-13(31-2)10-16(15)32-3/h7-8,10,12,14H,4-6,9,11H2,1-3H3,(H,23,29)(H2,24,25,26,28,30)/t12-,14-/m0/s1. The average molecular weight is 441 g/mol. The van der Waals surface area contributed by atoms with E-state index in [0.29, 0.717) is 23.1 Å². The summed E-state index contributed by atoms with van der Waals surface area (Å²) in [6.07, 6.45) is 2.98. The number of hydrogen-bond donors (Lipinski definition) is 3. The second-order valence-corrected chi connectivity index (χ2v) is 8.05. The molecule has 2 aromatic rings. The van der Waals surface area contributed by atoms with Gasteiger partial charge in [0.25, 0.3) is 5.56 Å². The number of methoxy groups -OCH3 is 2. The predicted octanol–water partition coefficient (Wildman–Crippen LogP) is 2.23. The molecule has 1 aromatic heterocycles. The van der Waals surface area contributed by atoms with Crippen molar-refractivity contribution in [3.63, 3.8) is 0 Å². The number of H-pyrrole nitrogens is 1. The summed E-state index contributed by atoms with van der Waals surface area (Å²) in [6, 6.07) is 5.19. The number of ether oxygens (including phenoxy) is 2. The molecule has 0 saturated carbocycles. The van der Waals surface area contributed by atoms with E-state index >= 15 is 0 Å². The molecule has 32 heavy (non-hydrogen) atoms. The molecule has 1 aromatic carbocycles. The Kier molecular flexibility index (Phi) is 6.02. The molecule has 10 heteroatoms. The first kappa shape index (κ1) is 21.7. The van der Waals surface area contributed by atoms with Gasteiger partial charge in [0.05, 0.1) is 31.4 Å². The van der Waals surface area contributed by atoms with Gasteiger partial charge in [-0.3, -0.25) is 19.4 Å². The summed E-state index contributed by atoms with van der Waals surface area (Å²) in [5, 5.41) is 5.43. The molecule has 0 unspecified atom stereocenters. The largest absolute Gasteiger partial charge is 0.497 e. The molecule has 0 spiro atoms. The van der Waals surface area contributed by atoms with Crippen LogP contribution in [-0.4, -0.2) is 48.6 Å². The number of nitrogens with one attached hydrogen (secondary N) is 3. The Morgan fingerprint density at radius 2 is 2.03 bits per heavy atom. The van der Waals surface area contributed by atoms with Crippen molar-refractivity contribution in [3.05, 3.63) is 34.1 Å². The van der Waals surface area contributed by atoms with Gasteiger partial charge in [0.15, 0.2) is 0 Å². The Hall–Kier alpha value is -3.56. The second-order valence-electron chi connectivity index (χ2n) is 8.05. The summed E-state index contributed by atoms with van der Waals surface area (Å²) in [6.45, 7) is 2.85. The lowest BCUT2D eigenvalue weighted by Gasteiger charge is -2.34. The summed E-state index contributed by atoms with van der Waals surface area (Å²) in [7, 11) is 3.01. The number of anilines is 3. The highest BCUT2D eigenvalue weighted by molar-refractivity contribution is 6.05. The van der Waals surface area contributed by atoms with E-state index < -0.39 is 17.4 Å². The van der Waals surface area contributed by atoms with Crippen molar-refractivity contribution < 1.29 is 19.1 Å². The summed E-state index contributed by atoms with van der Waals surface area (Å²) in [5.41, 5.74) is 0.140. The highest BCUT2D eigenvalue weighted by Crippen LogP contribution is 2.34. The molecule has 2 atom stereocenters. The second kappa shape index (κ2) is 8.89. The van der Waals surface area contributed by atoms with Crippen LogP contribution in [0.2, 0.25) is 0 Å². The molecule has 1 saturated heterocycles. The van der Waals surface area contributed by atoms with Crippen LogP contribution in [0.5, 0.6) is 11.5 Å². The van der Waals surface area contributed by atoms with Crippen molar-refractivity contribution in [1.29, 1.82) is 0 Å². The van der Waals surface area contributed by atoms with E-state index in [0.717, 1.165) is 25.8 Å². The number of aromatic amines is 1. The third kappa shape index (κ3) is 4.12. The van der Waals surface area contributed by atoms with Crippen LogP contribution in [0.25, 0.3) is 0 Å². The summed E-state index contributed by atoms with van der Waals surface area (Å²) in [5.74, 6) is -0.304. The van der Waals surface area contributed by atoms with Gasteiger partial charge in [-0.25, -0.2) is 0 Å². The van der Waals surface area contributed by atoms with Crippen molar-refractivity contribution in [2.24, 2.45) is 0 Å². The maximum absolute atomic E-state index is 13.1. The van der Waals surface area contributed by atoms with E-state index in [-0.39, 0.29) is 29.8 Å². The molecule has 170 valence electrons. The van der Waals surface area contributed by atoms with Gasteiger partial charge in [-0.2, -0.15) is 4.98 Å². The minimum atomic E-state index is -0.977. The fraction of sp³-hybridized carbons (Fsp3) is 0.455. The molecule has 10 nitrogen and oxygen atoms in total. The van der Waals surface area contributed by atoms with Gasteiger partial charge in [-0.1, -0.05) is 0 Å². The number of fused-ring (bicyclic) bond motifs is 1. The molecule has 2 amide bonds. The van der Waals surface area contributed by atoms with Gasteiger partial charge in [-0.15, -0.1) is 0 Å². The smallest absolute Gasteiger partial charge is 0.258 e. The highest BCUT2D eigenvalue weighted by Gasteiger charge is 2.36.